The highest BCUT2D eigenvalue weighted by Crippen LogP contribution is 2.48. The monoisotopic (exact) mass is 551 g/mol. The second kappa shape index (κ2) is 9.51. The van der Waals surface area contributed by atoms with Gasteiger partial charge < -0.3 is 9.84 Å². The van der Waals surface area contributed by atoms with Crippen molar-refractivity contribution in [2.45, 2.75) is 30.6 Å². The van der Waals surface area contributed by atoms with Crippen LogP contribution in [-0.2, 0) is 4.74 Å². The van der Waals surface area contributed by atoms with E-state index in [2.05, 4.69) is 5.10 Å². The van der Waals surface area contributed by atoms with Crippen LogP contribution in [0.1, 0.15) is 51.6 Å². The molecular weight excluding hydrogens is 530 g/mol. The SMILES string of the molecule is O=C(O)c1cc2n(n1)C(C(F)(F)F)CC(c1ccc(F)cc1)N2C(=O)OCC1c2ccccc2-c2ccccc21. The Bertz CT molecular complexity index is 1570. The number of carboxylic acids is 1. The molecule has 2 aliphatic rings. The summed E-state index contributed by atoms with van der Waals surface area (Å²) in [6.45, 7) is -0.109. The maximum atomic E-state index is 14.1. The number of carbonyl (C=O) groups excluding carboxylic acids is 1. The molecule has 0 bridgehead atoms. The number of carboxylic acid groups (broad SMARTS) is 1. The van der Waals surface area contributed by atoms with E-state index in [1.54, 1.807) is 0 Å². The quantitative estimate of drug-likeness (QED) is 0.285. The average molecular weight is 551 g/mol. The largest absolute Gasteiger partial charge is 0.476 e. The van der Waals surface area contributed by atoms with Crippen LogP contribution in [-0.4, -0.2) is 39.7 Å². The molecule has 1 aromatic heterocycles. The molecule has 1 amide bonds. The summed E-state index contributed by atoms with van der Waals surface area (Å²) in [6, 6.07) is 17.6. The Balaban J connectivity index is 1.39. The number of aromatic carboxylic acids is 1. The van der Waals surface area contributed by atoms with Gasteiger partial charge in [0.2, 0.25) is 0 Å². The topological polar surface area (TPSA) is 84.7 Å². The van der Waals surface area contributed by atoms with Gasteiger partial charge in [-0.3, -0.25) is 4.90 Å². The number of fused-ring (bicyclic) bond motifs is 4. The molecule has 0 saturated carbocycles. The van der Waals surface area contributed by atoms with Gasteiger partial charge in [-0.25, -0.2) is 18.7 Å². The van der Waals surface area contributed by atoms with Crippen LogP contribution in [0, 0.1) is 5.82 Å². The predicted octanol–water partition coefficient (Wildman–Crippen LogP) is 6.72. The summed E-state index contributed by atoms with van der Waals surface area (Å²) in [5, 5.41) is 13.1. The number of alkyl halides is 3. The Morgan fingerprint density at radius 3 is 2.12 bits per heavy atom. The number of nitrogens with zero attached hydrogens (tertiary/aromatic N) is 3. The van der Waals surface area contributed by atoms with E-state index in [-0.39, 0.29) is 23.9 Å². The van der Waals surface area contributed by atoms with Crippen molar-refractivity contribution in [2.75, 3.05) is 11.5 Å². The van der Waals surface area contributed by atoms with E-state index in [9.17, 15) is 32.3 Å². The van der Waals surface area contributed by atoms with Crippen LogP contribution >= 0.6 is 0 Å². The summed E-state index contributed by atoms with van der Waals surface area (Å²) in [5.41, 5.74) is 3.46. The highest BCUT2D eigenvalue weighted by atomic mass is 19.4. The summed E-state index contributed by atoms with van der Waals surface area (Å²) >= 11 is 0. The summed E-state index contributed by atoms with van der Waals surface area (Å²) < 4.78 is 62.4. The number of aromatic nitrogens is 2. The first-order chi connectivity index (χ1) is 19.1. The number of hydrogen-bond acceptors (Lipinski definition) is 4. The molecule has 7 nitrogen and oxygen atoms in total. The minimum Gasteiger partial charge on any atom is -0.476 e. The van der Waals surface area contributed by atoms with Crippen LogP contribution in [0.15, 0.2) is 78.9 Å². The van der Waals surface area contributed by atoms with Crippen molar-refractivity contribution in [3.8, 4) is 11.1 Å². The minimum atomic E-state index is -4.80. The van der Waals surface area contributed by atoms with Crippen molar-refractivity contribution < 1.29 is 37.0 Å². The van der Waals surface area contributed by atoms with Gasteiger partial charge in [-0.05, 0) is 39.9 Å². The number of halogens is 4. The predicted molar refractivity (Wildman–Crippen MR) is 136 cm³/mol. The molecule has 4 aromatic rings. The molecule has 2 unspecified atom stereocenters. The number of anilines is 1. The summed E-state index contributed by atoms with van der Waals surface area (Å²) in [7, 11) is 0. The van der Waals surface area contributed by atoms with Gasteiger partial charge in [-0.2, -0.15) is 18.3 Å². The number of hydrogen-bond donors (Lipinski definition) is 1. The number of amides is 1. The standard InChI is InChI=1S/C29H21F4N3O4/c30-17-11-9-16(10-12-17)24-14-25(29(31,32)33)36-26(13-23(34-36)27(37)38)35(24)28(39)40-15-22-20-7-3-1-5-18(20)19-6-2-4-8-21(19)22/h1-13,22,24-25H,14-15H2,(H,37,38). The third-order valence-corrected chi connectivity index (χ3v) is 7.40. The maximum absolute atomic E-state index is 14.1. The van der Waals surface area contributed by atoms with Gasteiger partial charge in [0.1, 0.15) is 18.2 Å². The minimum absolute atomic E-state index is 0.109. The van der Waals surface area contributed by atoms with Gasteiger partial charge in [0.05, 0.1) is 6.04 Å². The molecular formula is C29H21F4N3O4. The number of ether oxygens (including phenoxy) is 1. The lowest BCUT2D eigenvalue weighted by atomic mass is 9.95. The molecule has 204 valence electrons. The smallest absolute Gasteiger partial charge is 0.416 e. The first-order valence-electron chi connectivity index (χ1n) is 12.4. The highest BCUT2D eigenvalue weighted by molar-refractivity contribution is 5.92. The second-order valence-corrected chi connectivity index (χ2v) is 9.67. The Morgan fingerprint density at radius 1 is 0.950 bits per heavy atom. The molecule has 40 heavy (non-hydrogen) atoms. The average Bonchev–Trinajstić information content (AvgIpc) is 3.51. The molecule has 0 radical (unpaired) electrons. The third kappa shape index (κ3) is 4.27. The first-order valence-corrected chi connectivity index (χ1v) is 12.4. The van der Waals surface area contributed by atoms with E-state index in [0.29, 0.717) is 4.68 Å². The van der Waals surface area contributed by atoms with Crippen LogP contribution in [0.25, 0.3) is 11.1 Å². The van der Waals surface area contributed by atoms with E-state index >= 15 is 0 Å². The van der Waals surface area contributed by atoms with Gasteiger partial charge in [-0.1, -0.05) is 60.7 Å². The summed E-state index contributed by atoms with van der Waals surface area (Å²) in [6.07, 6.45) is -6.45. The van der Waals surface area contributed by atoms with E-state index in [1.807, 2.05) is 48.5 Å². The maximum Gasteiger partial charge on any atom is 0.416 e. The Hall–Kier alpha value is -4.67. The normalized spacial score (nSPS) is 18.1. The third-order valence-electron chi connectivity index (χ3n) is 7.40. The number of carbonyl (C=O) groups is 2. The lowest BCUT2D eigenvalue weighted by Crippen LogP contribution is -2.45. The van der Waals surface area contributed by atoms with Crippen molar-refractivity contribution >= 4 is 17.9 Å². The zero-order valence-electron chi connectivity index (χ0n) is 20.7. The summed E-state index contributed by atoms with van der Waals surface area (Å²) in [5.74, 6) is -2.84. The van der Waals surface area contributed by atoms with Crippen molar-refractivity contribution in [3.05, 3.63) is 107 Å². The molecule has 1 aliphatic heterocycles. The Morgan fingerprint density at radius 2 is 1.55 bits per heavy atom. The van der Waals surface area contributed by atoms with E-state index in [1.165, 1.54) is 12.1 Å². The fourth-order valence-electron chi connectivity index (χ4n) is 5.60. The van der Waals surface area contributed by atoms with Crippen molar-refractivity contribution in [3.63, 3.8) is 0 Å². The molecule has 2 atom stereocenters. The van der Waals surface area contributed by atoms with Crippen LogP contribution < -0.4 is 4.90 Å². The molecule has 3 aromatic carbocycles. The first kappa shape index (κ1) is 25.6. The summed E-state index contributed by atoms with van der Waals surface area (Å²) in [4.78, 5) is 26.3. The molecule has 1 aliphatic carbocycles. The van der Waals surface area contributed by atoms with Gasteiger partial charge in [0.15, 0.2) is 11.7 Å². The van der Waals surface area contributed by atoms with Crippen molar-refractivity contribution in [1.82, 2.24) is 9.78 Å². The fraction of sp³-hybridized carbons (Fsp3) is 0.207. The highest BCUT2D eigenvalue weighted by Gasteiger charge is 2.50. The Kier molecular flexibility index (Phi) is 6.09. The molecule has 1 N–H and O–H groups in total. The van der Waals surface area contributed by atoms with Crippen molar-refractivity contribution in [2.24, 2.45) is 0 Å². The number of rotatable bonds is 4. The van der Waals surface area contributed by atoms with Gasteiger partial charge in [-0.15, -0.1) is 0 Å². The van der Waals surface area contributed by atoms with Crippen LogP contribution in [0.5, 0.6) is 0 Å². The zero-order chi connectivity index (χ0) is 28.2. The molecule has 11 heteroatoms. The van der Waals surface area contributed by atoms with Crippen molar-refractivity contribution in [1.29, 1.82) is 0 Å². The van der Waals surface area contributed by atoms with Crippen LogP contribution in [0.4, 0.5) is 28.2 Å². The molecule has 0 spiro atoms. The van der Waals surface area contributed by atoms with E-state index in [0.717, 1.165) is 45.4 Å². The van der Waals surface area contributed by atoms with E-state index in [4.69, 9.17) is 4.74 Å². The van der Waals surface area contributed by atoms with Gasteiger partial charge >= 0.3 is 18.2 Å². The lowest BCUT2D eigenvalue weighted by molar-refractivity contribution is -0.174. The molecule has 6 rings (SSSR count). The number of benzene rings is 3. The molecule has 2 heterocycles. The Labute approximate surface area is 225 Å². The van der Waals surface area contributed by atoms with Crippen LogP contribution in [0.2, 0.25) is 0 Å². The fourth-order valence-corrected chi connectivity index (χ4v) is 5.60. The van der Waals surface area contributed by atoms with E-state index < -0.39 is 48.3 Å². The second-order valence-electron chi connectivity index (χ2n) is 9.67. The van der Waals surface area contributed by atoms with Gasteiger partial charge in [0, 0.05) is 18.4 Å². The zero-order valence-corrected chi connectivity index (χ0v) is 20.7. The van der Waals surface area contributed by atoms with Crippen LogP contribution in [0.3, 0.4) is 0 Å². The van der Waals surface area contributed by atoms with Gasteiger partial charge in [0.25, 0.3) is 0 Å². The molecule has 0 saturated heterocycles. The molecule has 0 fully saturated rings. The lowest BCUT2D eigenvalue weighted by Gasteiger charge is -2.39.